The number of rotatable bonds is 6. The van der Waals surface area contributed by atoms with Crippen molar-refractivity contribution in [2.24, 2.45) is 7.05 Å². The van der Waals surface area contributed by atoms with Crippen LogP contribution in [0.5, 0.6) is 0 Å². The normalized spacial score (nSPS) is 14.6. The SMILES string of the molecule is Cc1cc([C@@H](C)Nc2ccc(Cl)nc2C(=O)O)c2nc(N3CCN(c4cn(C)nc4C(F)(F)F)CC3)c(C#N)nc2c1. The second-order valence-corrected chi connectivity index (χ2v) is 10.3. The van der Waals surface area contributed by atoms with Gasteiger partial charge in [-0.3, -0.25) is 4.68 Å². The molecule has 15 heteroatoms. The minimum Gasteiger partial charge on any atom is -0.476 e. The standard InChI is InChI=1S/C27H25ClF3N9O2/c1-14-10-16(15(2)33-17-4-5-21(28)35-23(17)26(41)42)22-18(11-14)34-19(12-32)25(36-22)40-8-6-39(7-9-40)20-13-38(3)37-24(20)27(29,30)31/h4-5,10-11,13,15,33H,6-9H2,1-3H3,(H,41,42)/t15-/m1/s1. The third-order valence-electron chi connectivity index (χ3n) is 6.93. The van der Waals surface area contributed by atoms with Crippen molar-refractivity contribution in [2.45, 2.75) is 26.1 Å². The number of hydrogen-bond donors (Lipinski definition) is 2. The molecule has 1 aliphatic rings. The molecule has 2 N–H and O–H groups in total. The number of nitriles is 1. The van der Waals surface area contributed by atoms with Crippen molar-refractivity contribution in [3.63, 3.8) is 0 Å². The first-order chi connectivity index (χ1) is 19.8. The smallest absolute Gasteiger partial charge is 0.437 e. The van der Waals surface area contributed by atoms with Crippen molar-refractivity contribution >= 4 is 45.8 Å². The molecule has 3 aromatic heterocycles. The highest BCUT2D eigenvalue weighted by molar-refractivity contribution is 6.29. The number of piperazine rings is 1. The Morgan fingerprint density at radius 3 is 2.48 bits per heavy atom. The van der Waals surface area contributed by atoms with E-state index in [4.69, 9.17) is 16.6 Å². The Morgan fingerprint density at radius 2 is 1.83 bits per heavy atom. The van der Waals surface area contributed by atoms with Gasteiger partial charge in [0.25, 0.3) is 0 Å². The number of aromatic carboxylic acids is 1. The van der Waals surface area contributed by atoms with E-state index in [1.165, 1.54) is 25.4 Å². The number of halogens is 4. The quantitative estimate of drug-likeness (QED) is 0.297. The summed E-state index contributed by atoms with van der Waals surface area (Å²) in [5, 5.41) is 26.3. The Hall–Kier alpha value is -4.64. The molecule has 11 nitrogen and oxygen atoms in total. The highest BCUT2D eigenvalue weighted by Crippen LogP contribution is 2.36. The van der Waals surface area contributed by atoms with Gasteiger partial charge in [-0.2, -0.15) is 23.5 Å². The number of carbonyl (C=O) groups is 1. The van der Waals surface area contributed by atoms with Crippen LogP contribution in [0.3, 0.4) is 0 Å². The van der Waals surface area contributed by atoms with Crippen LogP contribution in [0.25, 0.3) is 11.0 Å². The summed E-state index contributed by atoms with van der Waals surface area (Å²) in [6.45, 7) is 4.80. The van der Waals surface area contributed by atoms with Crippen LogP contribution in [-0.2, 0) is 13.2 Å². The molecule has 1 aromatic carbocycles. The number of nitrogens with one attached hydrogen (secondary N) is 1. The predicted molar refractivity (Wildman–Crippen MR) is 150 cm³/mol. The number of anilines is 3. The molecule has 4 heterocycles. The van der Waals surface area contributed by atoms with E-state index in [0.29, 0.717) is 35.5 Å². The number of aryl methyl sites for hydroxylation is 2. The fourth-order valence-corrected chi connectivity index (χ4v) is 5.19. The lowest BCUT2D eigenvalue weighted by Crippen LogP contribution is -2.47. The van der Waals surface area contributed by atoms with Crippen LogP contribution >= 0.6 is 11.6 Å². The second kappa shape index (κ2) is 11.0. The number of hydrogen-bond acceptors (Lipinski definition) is 9. The average Bonchev–Trinajstić information content (AvgIpc) is 3.35. The molecule has 5 rings (SSSR count). The zero-order chi connectivity index (χ0) is 30.3. The van der Waals surface area contributed by atoms with Crippen molar-refractivity contribution in [2.75, 3.05) is 41.3 Å². The van der Waals surface area contributed by atoms with Crippen molar-refractivity contribution < 1.29 is 23.1 Å². The number of nitrogens with zero attached hydrogens (tertiary/aromatic N) is 8. The van der Waals surface area contributed by atoms with Crippen LogP contribution in [-0.4, -0.2) is 62.0 Å². The van der Waals surface area contributed by atoms with Gasteiger partial charge in [0.15, 0.2) is 22.9 Å². The predicted octanol–water partition coefficient (Wildman–Crippen LogP) is 4.81. The van der Waals surface area contributed by atoms with Gasteiger partial charge in [0.05, 0.1) is 28.5 Å². The molecule has 0 radical (unpaired) electrons. The number of carboxylic acids is 1. The van der Waals surface area contributed by atoms with Crippen LogP contribution in [0.2, 0.25) is 5.15 Å². The van der Waals surface area contributed by atoms with Crippen LogP contribution in [0.15, 0.2) is 30.5 Å². The lowest BCUT2D eigenvalue weighted by molar-refractivity contribution is -0.141. The third-order valence-corrected chi connectivity index (χ3v) is 7.14. The number of alkyl halides is 3. The minimum absolute atomic E-state index is 0.00447. The van der Waals surface area contributed by atoms with Crippen molar-refractivity contribution in [1.82, 2.24) is 24.7 Å². The summed E-state index contributed by atoms with van der Waals surface area (Å²) < 4.78 is 41.8. The van der Waals surface area contributed by atoms with Gasteiger partial charge >= 0.3 is 12.1 Å². The molecule has 0 aliphatic carbocycles. The van der Waals surface area contributed by atoms with Crippen LogP contribution < -0.4 is 15.1 Å². The number of fused-ring (bicyclic) bond motifs is 1. The fraction of sp³-hybridized carbons (Fsp3) is 0.333. The zero-order valence-electron chi connectivity index (χ0n) is 22.7. The number of benzene rings is 1. The van der Waals surface area contributed by atoms with Gasteiger partial charge in [0.2, 0.25) is 0 Å². The Bertz CT molecular complexity index is 1730. The molecule has 1 fully saturated rings. The molecular formula is C27H25ClF3N9O2. The van der Waals surface area contributed by atoms with Crippen molar-refractivity contribution in [1.29, 1.82) is 5.26 Å². The largest absolute Gasteiger partial charge is 0.476 e. The fourth-order valence-electron chi connectivity index (χ4n) is 5.04. The van der Waals surface area contributed by atoms with Crippen molar-refractivity contribution in [3.05, 3.63) is 63.8 Å². The van der Waals surface area contributed by atoms with Crippen LogP contribution in [0, 0.1) is 18.3 Å². The van der Waals surface area contributed by atoms with E-state index in [1.807, 2.05) is 24.8 Å². The maximum atomic E-state index is 13.5. The lowest BCUT2D eigenvalue weighted by Gasteiger charge is -2.36. The summed E-state index contributed by atoms with van der Waals surface area (Å²) in [4.78, 5) is 28.5. The average molecular weight is 600 g/mol. The van der Waals surface area contributed by atoms with Gasteiger partial charge in [-0.05, 0) is 37.6 Å². The summed E-state index contributed by atoms with van der Waals surface area (Å²) in [7, 11) is 1.44. The van der Waals surface area contributed by atoms with E-state index in [9.17, 15) is 28.3 Å². The van der Waals surface area contributed by atoms with Gasteiger partial charge in [-0.1, -0.05) is 17.7 Å². The number of aromatic nitrogens is 5. The molecule has 1 atom stereocenters. The first-order valence-corrected chi connectivity index (χ1v) is 13.2. The molecular weight excluding hydrogens is 575 g/mol. The Kier molecular flexibility index (Phi) is 7.55. The Morgan fingerprint density at radius 1 is 1.14 bits per heavy atom. The van der Waals surface area contributed by atoms with E-state index in [1.54, 1.807) is 11.0 Å². The second-order valence-electron chi connectivity index (χ2n) is 9.94. The molecule has 218 valence electrons. The molecule has 1 aliphatic heterocycles. The summed E-state index contributed by atoms with van der Waals surface area (Å²) in [6.07, 6.45) is -3.23. The molecule has 0 spiro atoms. The van der Waals surface area contributed by atoms with Crippen molar-refractivity contribution in [3.8, 4) is 6.07 Å². The summed E-state index contributed by atoms with van der Waals surface area (Å²) >= 11 is 5.90. The summed E-state index contributed by atoms with van der Waals surface area (Å²) in [5.74, 6) is -0.918. The highest BCUT2D eigenvalue weighted by Gasteiger charge is 2.39. The Balaban J connectivity index is 1.47. The highest BCUT2D eigenvalue weighted by atomic mass is 35.5. The molecule has 0 saturated carbocycles. The molecule has 4 aromatic rings. The maximum absolute atomic E-state index is 13.5. The van der Waals surface area contributed by atoms with Crippen LogP contribution in [0.1, 0.15) is 46.0 Å². The Labute approximate surface area is 243 Å². The monoisotopic (exact) mass is 599 g/mol. The lowest BCUT2D eigenvalue weighted by atomic mass is 10.0. The van der Waals surface area contributed by atoms with Crippen LogP contribution in [0.4, 0.5) is 30.4 Å². The van der Waals surface area contributed by atoms with Gasteiger partial charge in [-0.25, -0.2) is 19.7 Å². The van der Waals surface area contributed by atoms with E-state index < -0.39 is 23.9 Å². The zero-order valence-corrected chi connectivity index (χ0v) is 23.5. The molecule has 0 amide bonds. The van der Waals surface area contributed by atoms with E-state index in [2.05, 4.69) is 26.5 Å². The topological polar surface area (TPSA) is 136 Å². The molecule has 42 heavy (non-hydrogen) atoms. The minimum atomic E-state index is -4.59. The summed E-state index contributed by atoms with van der Waals surface area (Å²) in [5.41, 5.74) is 1.74. The molecule has 0 unspecified atom stereocenters. The molecule has 0 bridgehead atoms. The van der Waals surface area contributed by atoms with Gasteiger partial charge < -0.3 is 20.2 Å². The first-order valence-electron chi connectivity index (χ1n) is 12.8. The van der Waals surface area contributed by atoms with E-state index >= 15 is 0 Å². The third kappa shape index (κ3) is 5.60. The first kappa shape index (κ1) is 28.9. The summed E-state index contributed by atoms with van der Waals surface area (Å²) in [6, 6.07) is 8.36. The number of carboxylic acid groups (broad SMARTS) is 1. The van der Waals surface area contributed by atoms with E-state index in [0.717, 1.165) is 10.2 Å². The number of pyridine rings is 1. The molecule has 1 saturated heterocycles. The van der Waals surface area contributed by atoms with E-state index in [-0.39, 0.29) is 41.0 Å². The maximum Gasteiger partial charge on any atom is 0.437 e. The van der Waals surface area contributed by atoms with Gasteiger partial charge in [-0.15, -0.1) is 0 Å². The van der Waals surface area contributed by atoms with Gasteiger partial charge in [0.1, 0.15) is 11.2 Å². The van der Waals surface area contributed by atoms with Gasteiger partial charge in [0, 0.05) is 45.0 Å².